The second-order valence-electron chi connectivity index (χ2n) is 5.77. The van der Waals surface area contributed by atoms with E-state index in [0.717, 1.165) is 5.56 Å². The van der Waals surface area contributed by atoms with Crippen molar-refractivity contribution < 1.29 is 17.9 Å². The van der Waals surface area contributed by atoms with E-state index in [1.807, 2.05) is 44.2 Å². The predicted molar refractivity (Wildman–Crippen MR) is 93.9 cm³/mol. The average Bonchev–Trinajstić information content (AvgIpc) is 2.59. The fourth-order valence-corrected chi connectivity index (χ4v) is 4.03. The molecule has 0 radical (unpaired) electrons. The molecule has 0 fully saturated rings. The van der Waals surface area contributed by atoms with Gasteiger partial charge in [0.2, 0.25) is 10.0 Å². The molecule has 2 aromatic rings. The van der Waals surface area contributed by atoms with Crippen molar-refractivity contribution >= 4 is 10.0 Å². The molecule has 130 valence electrons. The summed E-state index contributed by atoms with van der Waals surface area (Å²) in [6.45, 7) is 3.95. The monoisotopic (exact) mass is 349 g/mol. The molecule has 0 aliphatic heterocycles. The maximum absolute atomic E-state index is 12.9. The first-order chi connectivity index (χ1) is 11.4. The van der Waals surface area contributed by atoms with Crippen molar-refractivity contribution in [1.29, 1.82) is 0 Å². The quantitative estimate of drug-likeness (QED) is 0.832. The highest BCUT2D eigenvalue weighted by atomic mass is 32.2. The Morgan fingerprint density at radius 1 is 0.958 bits per heavy atom. The Kier molecular flexibility index (Phi) is 5.85. The summed E-state index contributed by atoms with van der Waals surface area (Å²) in [5, 5.41) is 0. The van der Waals surface area contributed by atoms with Gasteiger partial charge < -0.3 is 9.47 Å². The summed E-state index contributed by atoms with van der Waals surface area (Å²) in [5.41, 5.74) is 0.915. The van der Waals surface area contributed by atoms with Crippen LogP contribution in [0.2, 0.25) is 0 Å². The van der Waals surface area contributed by atoms with Crippen molar-refractivity contribution in [2.45, 2.75) is 24.8 Å². The zero-order chi connectivity index (χ0) is 17.7. The summed E-state index contributed by atoms with van der Waals surface area (Å²) in [4.78, 5) is 0.0610. The summed E-state index contributed by atoms with van der Waals surface area (Å²) >= 11 is 0. The van der Waals surface area contributed by atoms with E-state index in [1.54, 1.807) is 12.1 Å². The molecule has 0 aliphatic carbocycles. The lowest BCUT2D eigenvalue weighted by atomic mass is 9.97. The molecule has 0 saturated heterocycles. The molecule has 0 spiro atoms. The third kappa shape index (κ3) is 4.07. The number of hydrogen-bond donors (Lipinski definition) is 1. The molecule has 24 heavy (non-hydrogen) atoms. The Morgan fingerprint density at radius 2 is 1.62 bits per heavy atom. The maximum Gasteiger partial charge on any atom is 0.244 e. The van der Waals surface area contributed by atoms with Gasteiger partial charge in [-0.1, -0.05) is 44.2 Å². The normalized spacial score (nSPS) is 12.9. The Bertz CT molecular complexity index is 773. The van der Waals surface area contributed by atoms with Crippen molar-refractivity contribution in [3.05, 3.63) is 54.1 Å². The van der Waals surface area contributed by atoms with Gasteiger partial charge in [0, 0.05) is 12.1 Å². The number of rotatable bonds is 7. The molecular weight excluding hydrogens is 326 g/mol. The van der Waals surface area contributed by atoms with E-state index >= 15 is 0 Å². The molecule has 0 amide bonds. The highest BCUT2D eigenvalue weighted by Gasteiger charge is 2.26. The summed E-state index contributed by atoms with van der Waals surface area (Å²) in [5.74, 6) is 0.814. The zero-order valence-electron chi connectivity index (χ0n) is 14.3. The SMILES string of the molecule is COc1ccc(OC)c(S(=O)(=O)NC(c2ccccc2)C(C)C)c1. The van der Waals surface area contributed by atoms with Crippen molar-refractivity contribution in [3.8, 4) is 11.5 Å². The molecule has 6 heteroatoms. The topological polar surface area (TPSA) is 64.6 Å². The molecule has 0 saturated carbocycles. The molecule has 2 rings (SSSR count). The molecule has 0 bridgehead atoms. The van der Waals surface area contributed by atoms with Crippen LogP contribution in [0.5, 0.6) is 11.5 Å². The predicted octanol–water partition coefficient (Wildman–Crippen LogP) is 3.38. The van der Waals surface area contributed by atoms with Gasteiger partial charge in [0.15, 0.2) is 0 Å². The molecule has 0 aliphatic rings. The van der Waals surface area contributed by atoms with E-state index in [9.17, 15) is 8.42 Å². The van der Waals surface area contributed by atoms with Gasteiger partial charge in [-0.2, -0.15) is 0 Å². The van der Waals surface area contributed by atoms with E-state index in [1.165, 1.54) is 20.3 Å². The number of nitrogens with one attached hydrogen (secondary N) is 1. The third-order valence-corrected chi connectivity index (χ3v) is 5.23. The number of sulfonamides is 1. The number of ether oxygens (including phenoxy) is 2. The van der Waals surface area contributed by atoms with E-state index < -0.39 is 10.0 Å². The minimum atomic E-state index is -3.78. The second kappa shape index (κ2) is 7.68. The summed E-state index contributed by atoms with van der Waals surface area (Å²) in [6, 6.07) is 13.9. The van der Waals surface area contributed by atoms with Crippen LogP contribution in [0.25, 0.3) is 0 Å². The molecule has 1 atom stereocenters. The first-order valence-electron chi connectivity index (χ1n) is 7.68. The van der Waals surface area contributed by atoms with E-state index in [4.69, 9.17) is 9.47 Å². The van der Waals surface area contributed by atoms with Crippen LogP contribution in [0.3, 0.4) is 0 Å². The van der Waals surface area contributed by atoms with Gasteiger partial charge in [-0.15, -0.1) is 0 Å². The molecule has 1 N–H and O–H groups in total. The van der Waals surface area contributed by atoms with Crippen molar-refractivity contribution in [1.82, 2.24) is 4.72 Å². The Hall–Kier alpha value is -2.05. The first-order valence-corrected chi connectivity index (χ1v) is 9.16. The molecule has 0 aromatic heterocycles. The maximum atomic E-state index is 12.9. The molecule has 2 aromatic carbocycles. The lowest BCUT2D eigenvalue weighted by Crippen LogP contribution is -2.32. The molecule has 5 nitrogen and oxygen atoms in total. The Balaban J connectivity index is 2.43. The van der Waals surface area contributed by atoms with Gasteiger partial charge in [0.25, 0.3) is 0 Å². The summed E-state index contributed by atoms with van der Waals surface area (Å²) in [6.07, 6.45) is 0. The van der Waals surface area contributed by atoms with Crippen LogP contribution in [-0.4, -0.2) is 22.6 Å². The van der Waals surface area contributed by atoms with Crippen LogP contribution in [0.4, 0.5) is 0 Å². The minimum Gasteiger partial charge on any atom is -0.497 e. The molecule has 1 unspecified atom stereocenters. The zero-order valence-corrected chi connectivity index (χ0v) is 15.1. The van der Waals surface area contributed by atoms with Gasteiger partial charge >= 0.3 is 0 Å². The number of methoxy groups -OCH3 is 2. The van der Waals surface area contributed by atoms with Crippen LogP contribution < -0.4 is 14.2 Å². The summed E-state index contributed by atoms with van der Waals surface area (Å²) in [7, 11) is -0.848. The van der Waals surface area contributed by atoms with Gasteiger partial charge in [0.05, 0.1) is 14.2 Å². The number of hydrogen-bond acceptors (Lipinski definition) is 4. The third-order valence-electron chi connectivity index (χ3n) is 3.77. The van der Waals surface area contributed by atoms with Crippen molar-refractivity contribution in [2.24, 2.45) is 5.92 Å². The van der Waals surface area contributed by atoms with E-state index in [0.29, 0.717) is 5.75 Å². The second-order valence-corrected chi connectivity index (χ2v) is 7.45. The van der Waals surface area contributed by atoms with E-state index in [2.05, 4.69) is 4.72 Å². The first kappa shape index (κ1) is 18.3. The van der Waals surface area contributed by atoms with Crippen LogP contribution in [0.15, 0.2) is 53.4 Å². The highest BCUT2D eigenvalue weighted by Crippen LogP contribution is 2.31. The summed E-state index contributed by atoms with van der Waals surface area (Å²) < 4.78 is 39.0. The highest BCUT2D eigenvalue weighted by molar-refractivity contribution is 7.89. The smallest absolute Gasteiger partial charge is 0.244 e. The van der Waals surface area contributed by atoms with Gasteiger partial charge in [0.1, 0.15) is 16.4 Å². The van der Waals surface area contributed by atoms with Crippen molar-refractivity contribution in [3.63, 3.8) is 0 Å². The standard InChI is InChI=1S/C18H23NO4S/c1-13(2)18(14-8-6-5-7-9-14)19-24(20,21)17-12-15(22-3)10-11-16(17)23-4/h5-13,18-19H,1-4H3. The lowest BCUT2D eigenvalue weighted by molar-refractivity contribution is 0.390. The fraction of sp³-hybridized carbons (Fsp3) is 0.333. The molecular formula is C18H23NO4S. The van der Waals surface area contributed by atoms with E-state index in [-0.39, 0.29) is 22.6 Å². The largest absolute Gasteiger partial charge is 0.497 e. The fourth-order valence-electron chi connectivity index (χ4n) is 2.47. The number of benzene rings is 2. The van der Waals surface area contributed by atoms with Crippen LogP contribution in [0, 0.1) is 5.92 Å². The molecule has 0 heterocycles. The van der Waals surface area contributed by atoms with Crippen LogP contribution >= 0.6 is 0 Å². The Labute approximate surface area is 143 Å². The average molecular weight is 349 g/mol. The van der Waals surface area contributed by atoms with Crippen molar-refractivity contribution in [2.75, 3.05) is 14.2 Å². The van der Waals surface area contributed by atoms with Crippen LogP contribution in [0.1, 0.15) is 25.5 Å². The Morgan fingerprint density at radius 3 is 2.17 bits per heavy atom. The van der Waals surface area contributed by atoms with Gasteiger partial charge in [-0.25, -0.2) is 13.1 Å². The lowest BCUT2D eigenvalue weighted by Gasteiger charge is -2.23. The van der Waals surface area contributed by atoms with Gasteiger partial charge in [-0.3, -0.25) is 0 Å². The van der Waals surface area contributed by atoms with Gasteiger partial charge in [-0.05, 0) is 23.6 Å². The minimum absolute atomic E-state index is 0.0610. The van der Waals surface area contributed by atoms with Crippen LogP contribution in [-0.2, 0) is 10.0 Å².